The molecule has 2 aliphatic rings. The van der Waals surface area contributed by atoms with Gasteiger partial charge in [-0.25, -0.2) is 0 Å². The fraction of sp³-hybridized carbons (Fsp3) is 0.500. The molecule has 1 aliphatic carbocycles. The molecule has 1 aromatic carbocycles. The Kier molecular flexibility index (Phi) is 3.47. The van der Waals surface area contributed by atoms with Crippen molar-refractivity contribution < 1.29 is 14.7 Å². The fourth-order valence-corrected chi connectivity index (χ4v) is 3.12. The molecule has 0 bridgehead atoms. The van der Waals surface area contributed by atoms with Crippen LogP contribution in [-0.4, -0.2) is 35.0 Å². The van der Waals surface area contributed by atoms with Gasteiger partial charge in [0.05, 0.1) is 11.8 Å². The van der Waals surface area contributed by atoms with Crippen molar-refractivity contribution in [2.24, 2.45) is 17.8 Å². The lowest BCUT2D eigenvalue weighted by molar-refractivity contribution is -0.141. The number of rotatable bonds is 4. The van der Waals surface area contributed by atoms with Crippen LogP contribution in [0.5, 0.6) is 0 Å². The lowest BCUT2D eigenvalue weighted by atomic mass is 9.99. The molecule has 1 amide bonds. The van der Waals surface area contributed by atoms with Crippen LogP contribution in [0.15, 0.2) is 30.3 Å². The van der Waals surface area contributed by atoms with Gasteiger partial charge in [0.1, 0.15) is 0 Å². The molecule has 2 fully saturated rings. The first-order chi connectivity index (χ1) is 9.65. The number of carboxylic acids is 1. The van der Waals surface area contributed by atoms with Gasteiger partial charge in [0.15, 0.2) is 0 Å². The summed E-state index contributed by atoms with van der Waals surface area (Å²) in [7, 11) is 0. The monoisotopic (exact) mass is 273 g/mol. The van der Waals surface area contributed by atoms with E-state index in [1.54, 1.807) is 0 Å². The second kappa shape index (κ2) is 5.27. The number of aliphatic carboxylic acids is 1. The standard InChI is InChI=1S/C16H19NO3/c18-15(13-9-14(13)16(19)20)17-7-6-12(10-17)8-11-4-2-1-3-5-11/h1-5,12-14H,6-10H2,(H,19,20)/t12-,13+,14-/m1/s1. The number of carbonyl (C=O) groups is 2. The summed E-state index contributed by atoms with van der Waals surface area (Å²) >= 11 is 0. The van der Waals surface area contributed by atoms with Gasteiger partial charge in [0.2, 0.25) is 5.91 Å². The summed E-state index contributed by atoms with van der Waals surface area (Å²) in [5.74, 6) is -0.974. The molecule has 0 aromatic heterocycles. The quantitative estimate of drug-likeness (QED) is 0.910. The largest absolute Gasteiger partial charge is 0.481 e. The van der Waals surface area contributed by atoms with Crippen LogP contribution in [0.4, 0.5) is 0 Å². The van der Waals surface area contributed by atoms with E-state index >= 15 is 0 Å². The van der Waals surface area contributed by atoms with Crippen LogP contribution in [0.1, 0.15) is 18.4 Å². The maximum absolute atomic E-state index is 12.2. The zero-order valence-electron chi connectivity index (χ0n) is 11.4. The van der Waals surface area contributed by atoms with Gasteiger partial charge < -0.3 is 10.0 Å². The van der Waals surface area contributed by atoms with E-state index in [-0.39, 0.29) is 11.8 Å². The number of carbonyl (C=O) groups excluding carboxylic acids is 1. The predicted molar refractivity (Wildman–Crippen MR) is 74.1 cm³/mol. The first-order valence-electron chi connectivity index (χ1n) is 7.20. The molecule has 1 aromatic rings. The number of likely N-dealkylation sites (tertiary alicyclic amines) is 1. The van der Waals surface area contributed by atoms with E-state index in [2.05, 4.69) is 12.1 Å². The Morgan fingerprint density at radius 3 is 2.60 bits per heavy atom. The third-order valence-electron chi connectivity index (χ3n) is 4.39. The van der Waals surface area contributed by atoms with Crippen LogP contribution in [0, 0.1) is 17.8 Å². The van der Waals surface area contributed by atoms with E-state index in [1.807, 2.05) is 23.1 Å². The first kappa shape index (κ1) is 13.2. The van der Waals surface area contributed by atoms with Crippen LogP contribution in [-0.2, 0) is 16.0 Å². The highest BCUT2D eigenvalue weighted by Gasteiger charge is 2.50. The summed E-state index contributed by atoms with van der Waals surface area (Å²) in [5, 5.41) is 8.89. The van der Waals surface area contributed by atoms with Gasteiger partial charge in [-0.2, -0.15) is 0 Å². The van der Waals surface area contributed by atoms with Gasteiger partial charge in [0.25, 0.3) is 0 Å². The minimum atomic E-state index is -0.830. The minimum absolute atomic E-state index is 0.0490. The van der Waals surface area contributed by atoms with E-state index in [0.29, 0.717) is 12.3 Å². The van der Waals surface area contributed by atoms with E-state index < -0.39 is 11.9 Å². The van der Waals surface area contributed by atoms with Crippen molar-refractivity contribution in [3.05, 3.63) is 35.9 Å². The zero-order chi connectivity index (χ0) is 14.1. The molecule has 0 unspecified atom stereocenters. The Morgan fingerprint density at radius 2 is 1.95 bits per heavy atom. The molecule has 3 rings (SSSR count). The molecule has 3 atom stereocenters. The van der Waals surface area contributed by atoms with Gasteiger partial charge in [-0.3, -0.25) is 9.59 Å². The van der Waals surface area contributed by atoms with Gasteiger partial charge >= 0.3 is 5.97 Å². The number of hydrogen-bond donors (Lipinski definition) is 1. The third-order valence-corrected chi connectivity index (χ3v) is 4.39. The van der Waals surface area contributed by atoms with Crippen LogP contribution in [0.2, 0.25) is 0 Å². The SMILES string of the molecule is O=C(O)[C@@H]1C[C@@H]1C(=O)N1CC[C@H](Cc2ccccc2)C1. The number of carboxylic acid groups (broad SMARTS) is 1. The summed E-state index contributed by atoms with van der Waals surface area (Å²) in [6.45, 7) is 1.55. The molecule has 1 saturated carbocycles. The molecule has 106 valence electrons. The maximum atomic E-state index is 12.2. The zero-order valence-corrected chi connectivity index (χ0v) is 11.4. The molecule has 1 saturated heterocycles. The number of amides is 1. The van der Waals surface area contributed by atoms with Crippen molar-refractivity contribution in [1.82, 2.24) is 4.90 Å². The number of benzene rings is 1. The molecule has 1 heterocycles. The number of nitrogens with zero attached hydrogens (tertiary/aromatic N) is 1. The molecule has 20 heavy (non-hydrogen) atoms. The van der Waals surface area contributed by atoms with E-state index in [1.165, 1.54) is 5.56 Å². The first-order valence-corrected chi connectivity index (χ1v) is 7.20. The van der Waals surface area contributed by atoms with Gasteiger partial charge in [0, 0.05) is 13.1 Å². The highest BCUT2D eigenvalue weighted by atomic mass is 16.4. The predicted octanol–water partition coefficient (Wildman–Crippen LogP) is 1.80. The minimum Gasteiger partial charge on any atom is -0.481 e. The van der Waals surface area contributed by atoms with Crippen molar-refractivity contribution >= 4 is 11.9 Å². The molecule has 0 radical (unpaired) electrons. The Balaban J connectivity index is 1.52. The van der Waals surface area contributed by atoms with E-state index in [4.69, 9.17) is 5.11 Å². The Bertz CT molecular complexity index is 514. The maximum Gasteiger partial charge on any atom is 0.307 e. The van der Waals surface area contributed by atoms with Crippen LogP contribution in [0.25, 0.3) is 0 Å². The molecule has 0 spiro atoms. The molecule has 1 aliphatic heterocycles. The summed E-state index contributed by atoms with van der Waals surface area (Å²) < 4.78 is 0. The lowest BCUT2D eigenvalue weighted by Crippen LogP contribution is -2.31. The summed E-state index contributed by atoms with van der Waals surface area (Å²) in [5.41, 5.74) is 1.31. The fourth-order valence-electron chi connectivity index (χ4n) is 3.12. The summed E-state index contributed by atoms with van der Waals surface area (Å²) in [6, 6.07) is 10.3. The molecular formula is C16H19NO3. The Morgan fingerprint density at radius 1 is 1.20 bits per heavy atom. The Hall–Kier alpha value is -1.84. The van der Waals surface area contributed by atoms with Crippen LogP contribution >= 0.6 is 0 Å². The van der Waals surface area contributed by atoms with Crippen LogP contribution < -0.4 is 0 Å². The van der Waals surface area contributed by atoms with Crippen molar-refractivity contribution in [3.63, 3.8) is 0 Å². The summed E-state index contributed by atoms with van der Waals surface area (Å²) in [4.78, 5) is 24.9. The molecule has 1 N–H and O–H groups in total. The highest BCUT2D eigenvalue weighted by Crippen LogP contribution is 2.41. The van der Waals surface area contributed by atoms with Crippen molar-refractivity contribution in [2.75, 3.05) is 13.1 Å². The lowest BCUT2D eigenvalue weighted by Gasteiger charge is -2.16. The van der Waals surface area contributed by atoms with E-state index in [0.717, 1.165) is 25.9 Å². The normalized spacial score (nSPS) is 28.4. The van der Waals surface area contributed by atoms with Gasteiger partial charge in [-0.05, 0) is 30.7 Å². The van der Waals surface area contributed by atoms with E-state index in [9.17, 15) is 9.59 Å². The topological polar surface area (TPSA) is 57.6 Å². The smallest absolute Gasteiger partial charge is 0.307 e. The molecular weight excluding hydrogens is 254 g/mol. The average Bonchev–Trinajstić information content (AvgIpc) is 3.13. The molecule has 4 heteroatoms. The highest BCUT2D eigenvalue weighted by molar-refractivity contribution is 5.89. The van der Waals surface area contributed by atoms with Gasteiger partial charge in [-0.15, -0.1) is 0 Å². The molecule has 4 nitrogen and oxygen atoms in total. The second-order valence-corrected chi connectivity index (χ2v) is 5.92. The average molecular weight is 273 g/mol. The number of hydrogen-bond acceptors (Lipinski definition) is 2. The Labute approximate surface area is 118 Å². The van der Waals surface area contributed by atoms with Crippen LogP contribution in [0.3, 0.4) is 0 Å². The van der Waals surface area contributed by atoms with Crippen molar-refractivity contribution in [3.8, 4) is 0 Å². The van der Waals surface area contributed by atoms with Crippen molar-refractivity contribution in [2.45, 2.75) is 19.3 Å². The summed E-state index contributed by atoms with van der Waals surface area (Å²) in [6.07, 6.45) is 2.54. The van der Waals surface area contributed by atoms with Crippen molar-refractivity contribution in [1.29, 1.82) is 0 Å². The van der Waals surface area contributed by atoms with Gasteiger partial charge in [-0.1, -0.05) is 30.3 Å². The second-order valence-electron chi connectivity index (χ2n) is 5.92. The third kappa shape index (κ3) is 2.69.